The number of benzene rings is 1. The molecule has 0 saturated carbocycles. The maximum absolute atomic E-state index is 12.0. The van der Waals surface area contributed by atoms with Crippen molar-refractivity contribution in [3.8, 4) is 0 Å². The Morgan fingerprint density at radius 3 is 2.69 bits per heavy atom. The van der Waals surface area contributed by atoms with E-state index in [9.17, 15) is 9.59 Å². The third-order valence-corrected chi connectivity index (χ3v) is 5.13. The van der Waals surface area contributed by atoms with Gasteiger partial charge in [-0.15, -0.1) is 11.3 Å². The second-order valence-corrected chi connectivity index (χ2v) is 7.58. The predicted molar refractivity (Wildman–Crippen MR) is 106 cm³/mol. The molecule has 2 aromatic heterocycles. The normalized spacial score (nSPS) is 12.5. The summed E-state index contributed by atoms with van der Waals surface area (Å²) in [4.78, 5) is 24.5. The molecule has 0 aliphatic rings. The standard InChI is InChI=1S/C20H22N2O3S/c1-12(2)20(18-5-4-8-26-18)21-11-14-9-19(24)25-17-10-15(22-13(3)23)6-7-16(14)17/h4-10,12,20-21H,11H2,1-3H3,(H,22,23). The predicted octanol–water partition coefficient (Wildman–Crippen LogP) is 4.30. The molecule has 1 aromatic carbocycles. The molecule has 0 aliphatic heterocycles. The van der Waals surface area contributed by atoms with E-state index in [1.807, 2.05) is 18.2 Å². The highest BCUT2D eigenvalue weighted by Crippen LogP contribution is 2.27. The van der Waals surface area contributed by atoms with E-state index in [0.717, 1.165) is 10.9 Å². The molecule has 136 valence electrons. The molecule has 3 aromatic rings. The Kier molecular flexibility index (Phi) is 5.54. The summed E-state index contributed by atoms with van der Waals surface area (Å²) >= 11 is 1.73. The van der Waals surface area contributed by atoms with Gasteiger partial charge in [-0.2, -0.15) is 0 Å². The number of thiophene rings is 1. The molecule has 5 nitrogen and oxygen atoms in total. The fraction of sp³-hybridized carbons (Fsp3) is 0.300. The van der Waals surface area contributed by atoms with Crippen LogP contribution >= 0.6 is 11.3 Å². The third kappa shape index (κ3) is 4.20. The van der Waals surface area contributed by atoms with Crippen LogP contribution in [0.4, 0.5) is 5.69 Å². The highest BCUT2D eigenvalue weighted by atomic mass is 32.1. The molecule has 26 heavy (non-hydrogen) atoms. The lowest BCUT2D eigenvalue weighted by atomic mass is 10.0. The van der Waals surface area contributed by atoms with Crippen molar-refractivity contribution in [2.45, 2.75) is 33.4 Å². The van der Waals surface area contributed by atoms with Gasteiger partial charge < -0.3 is 15.1 Å². The van der Waals surface area contributed by atoms with Gasteiger partial charge in [0.15, 0.2) is 0 Å². The number of carbonyl (C=O) groups is 1. The van der Waals surface area contributed by atoms with Gasteiger partial charge in [-0.25, -0.2) is 4.79 Å². The SMILES string of the molecule is CC(=O)Nc1ccc2c(CNC(c3cccs3)C(C)C)cc(=O)oc2c1. The first-order valence-electron chi connectivity index (χ1n) is 8.55. The molecular formula is C20H22N2O3S. The molecule has 0 radical (unpaired) electrons. The van der Waals surface area contributed by atoms with Gasteiger partial charge in [-0.1, -0.05) is 19.9 Å². The smallest absolute Gasteiger partial charge is 0.336 e. The Hall–Kier alpha value is -2.44. The summed E-state index contributed by atoms with van der Waals surface area (Å²) in [5, 5.41) is 9.20. The van der Waals surface area contributed by atoms with Gasteiger partial charge in [0, 0.05) is 47.6 Å². The molecule has 0 spiro atoms. The lowest BCUT2D eigenvalue weighted by Crippen LogP contribution is -2.25. The Morgan fingerprint density at radius 1 is 1.23 bits per heavy atom. The molecule has 1 unspecified atom stereocenters. The first kappa shape index (κ1) is 18.4. The van der Waals surface area contributed by atoms with Crippen LogP contribution in [0.2, 0.25) is 0 Å². The fourth-order valence-electron chi connectivity index (χ4n) is 3.01. The van der Waals surface area contributed by atoms with Crippen molar-refractivity contribution in [2.75, 3.05) is 5.32 Å². The number of amides is 1. The summed E-state index contributed by atoms with van der Waals surface area (Å²) in [5.74, 6) is 0.256. The largest absolute Gasteiger partial charge is 0.423 e. The second-order valence-electron chi connectivity index (χ2n) is 6.60. The van der Waals surface area contributed by atoms with E-state index in [-0.39, 0.29) is 11.9 Å². The third-order valence-electron chi connectivity index (χ3n) is 4.18. The average Bonchev–Trinajstić information content (AvgIpc) is 3.07. The highest BCUT2D eigenvalue weighted by molar-refractivity contribution is 7.10. The van der Waals surface area contributed by atoms with Crippen molar-refractivity contribution in [2.24, 2.45) is 5.92 Å². The monoisotopic (exact) mass is 370 g/mol. The summed E-state index contributed by atoms with van der Waals surface area (Å²) in [7, 11) is 0. The van der Waals surface area contributed by atoms with E-state index in [2.05, 4.69) is 35.9 Å². The molecule has 2 N–H and O–H groups in total. The van der Waals surface area contributed by atoms with Crippen molar-refractivity contribution < 1.29 is 9.21 Å². The van der Waals surface area contributed by atoms with Crippen LogP contribution in [0.3, 0.4) is 0 Å². The summed E-state index contributed by atoms with van der Waals surface area (Å²) in [6.45, 7) is 6.35. The van der Waals surface area contributed by atoms with Crippen LogP contribution in [-0.2, 0) is 11.3 Å². The molecule has 3 rings (SSSR count). The van der Waals surface area contributed by atoms with Crippen LogP contribution in [-0.4, -0.2) is 5.91 Å². The van der Waals surface area contributed by atoms with E-state index < -0.39 is 5.63 Å². The number of nitrogens with one attached hydrogen (secondary N) is 2. The van der Waals surface area contributed by atoms with Crippen LogP contribution in [0.15, 0.2) is 51.0 Å². The van der Waals surface area contributed by atoms with Gasteiger partial charge in [0.25, 0.3) is 0 Å². The van der Waals surface area contributed by atoms with Crippen LogP contribution in [0, 0.1) is 5.92 Å². The minimum Gasteiger partial charge on any atom is -0.423 e. The number of hydrogen-bond acceptors (Lipinski definition) is 5. The first-order valence-corrected chi connectivity index (χ1v) is 9.43. The molecule has 1 amide bonds. The minimum absolute atomic E-state index is 0.166. The molecule has 0 aliphatic carbocycles. The van der Waals surface area contributed by atoms with Crippen molar-refractivity contribution in [3.63, 3.8) is 0 Å². The number of rotatable bonds is 6. The van der Waals surface area contributed by atoms with E-state index >= 15 is 0 Å². The molecule has 0 fully saturated rings. The Balaban J connectivity index is 1.89. The summed E-state index contributed by atoms with van der Waals surface area (Å²) in [6, 6.07) is 11.3. The topological polar surface area (TPSA) is 71.3 Å². The summed E-state index contributed by atoms with van der Waals surface area (Å²) in [5.41, 5.74) is 1.56. The van der Waals surface area contributed by atoms with Gasteiger partial charge in [0.05, 0.1) is 0 Å². The molecule has 0 saturated heterocycles. The zero-order valence-electron chi connectivity index (χ0n) is 15.0. The number of hydrogen-bond donors (Lipinski definition) is 2. The van der Waals surface area contributed by atoms with E-state index in [1.54, 1.807) is 17.4 Å². The van der Waals surface area contributed by atoms with E-state index in [4.69, 9.17) is 4.42 Å². The lowest BCUT2D eigenvalue weighted by molar-refractivity contribution is -0.114. The summed E-state index contributed by atoms with van der Waals surface area (Å²) < 4.78 is 5.32. The lowest BCUT2D eigenvalue weighted by Gasteiger charge is -2.21. The number of carbonyl (C=O) groups excluding carboxylic acids is 1. The Labute approximate surface area is 156 Å². The highest BCUT2D eigenvalue weighted by Gasteiger charge is 2.17. The van der Waals surface area contributed by atoms with Crippen molar-refractivity contribution >= 4 is 33.9 Å². The fourth-order valence-corrected chi connectivity index (χ4v) is 3.98. The van der Waals surface area contributed by atoms with Crippen molar-refractivity contribution in [3.05, 3.63) is 62.6 Å². The zero-order valence-corrected chi connectivity index (χ0v) is 15.9. The second kappa shape index (κ2) is 7.85. The summed E-state index contributed by atoms with van der Waals surface area (Å²) in [6.07, 6.45) is 0. The number of fused-ring (bicyclic) bond motifs is 1. The maximum Gasteiger partial charge on any atom is 0.336 e. The molecular weight excluding hydrogens is 348 g/mol. The molecule has 6 heteroatoms. The quantitative estimate of drug-likeness (QED) is 0.635. The van der Waals surface area contributed by atoms with Gasteiger partial charge in [0.2, 0.25) is 5.91 Å². The molecule has 2 heterocycles. The van der Waals surface area contributed by atoms with Gasteiger partial charge in [-0.3, -0.25) is 4.79 Å². The van der Waals surface area contributed by atoms with Crippen LogP contribution in [0.1, 0.15) is 37.3 Å². The molecule has 0 bridgehead atoms. The van der Waals surface area contributed by atoms with Crippen LogP contribution < -0.4 is 16.3 Å². The van der Waals surface area contributed by atoms with Crippen LogP contribution in [0.25, 0.3) is 11.0 Å². The first-order chi connectivity index (χ1) is 12.4. The van der Waals surface area contributed by atoms with Gasteiger partial charge in [-0.05, 0) is 35.1 Å². The van der Waals surface area contributed by atoms with Crippen molar-refractivity contribution in [1.29, 1.82) is 0 Å². The zero-order chi connectivity index (χ0) is 18.7. The van der Waals surface area contributed by atoms with Crippen molar-refractivity contribution in [1.82, 2.24) is 5.32 Å². The molecule has 1 atom stereocenters. The Bertz CT molecular complexity index is 961. The Morgan fingerprint density at radius 2 is 2.04 bits per heavy atom. The van der Waals surface area contributed by atoms with E-state index in [0.29, 0.717) is 23.7 Å². The number of anilines is 1. The van der Waals surface area contributed by atoms with E-state index in [1.165, 1.54) is 17.9 Å². The minimum atomic E-state index is -0.397. The van der Waals surface area contributed by atoms with Gasteiger partial charge in [0.1, 0.15) is 5.58 Å². The van der Waals surface area contributed by atoms with Gasteiger partial charge >= 0.3 is 5.63 Å². The maximum atomic E-state index is 12.0. The average molecular weight is 370 g/mol. The van der Waals surface area contributed by atoms with Crippen LogP contribution in [0.5, 0.6) is 0 Å².